The fourth-order valence-corrected chi connectivity index (χ4v) is 2.84. The van der Waals surface area contributed by atoms with E-state index in [2.05, 4.69) is 5.32 Å². The summed E-state index contributed by atoms with van der Waals surface area (Å²) in [5.74, 6) is 1.76. The smallest absolute Gasteiger partial charge is 0.0992 e. The Kier molecular flexibility index (Phi) is 3.16. The van der Waals surface area contributed by atoms with Gasteiger partial charge in [0.2, 0.25) is 0 Å². The molecule has 0 saturated heterocycles. The highest BCUT2D eigenvalue weighted by molar-refractivity contribution is 5.21. The Morgan fingerprint density at radius 1 is 1.17 bits per heavy atom. The Morgan fingerprint density at radius 3 is 2.22 bits per heavy atom. The highest BCUT2D eigenvalue weighted by Gasteiger charge is 2.41. The standard InChI is InChI=1S/C16H23NO/c1-16(18,14-5-3-2-4-6-14)11-17-15(12-7-8-12)13-9-10-13/h2-6,12-13,15,17-18H,7-11H2,1H3. The van der Waals surface area contributed by atoms with Crippen molar-refractivity contribution in [2.24, 2.45) is 11.8 Å². The summed E-state index contributed by atoms with van der Waals surface area (Å²) in [4.78, 5) is 0. The highest BCUT2D eigenvalue weighted by Crippen LogP contribution is 2.44. The number of nitrogens with one attached hydrogen (secondary N) is 1. The van der Waals surface area contributed by atoms with Crippen LogP contribution in [0.3, 0.4) is 0 Å². The van der Waals surface area contributed by atoms with Crippen molar-refractivity contribution in [3.05, 3.63) is 35.9 Å². The van der Waals surface area contributed by atoms with Gasteiger partial charge >= 0.3 is 0 Å². The maximum atomic E-state index is 10.6. The first-order chi connectivity index (χ1) is 8.67. The predicted molar refractivity (Wildman–Crippen MR) is 73.3 cm³/mol. The van der Waals surface area contributed by atoms with Gasteiger partial charge in [0.15, 0.2) is 0 Å². The minimum absolute atomic E-state index is 0.653. The molecule has 2 nitrogen and oxygen atoms in total. The first-order valence-electron chi connectivity index (χ1n) is 7.18. The van der Waals surface area contributed by atoms with Gasteiger partial charge in [0, 0.05) is 12.6 Å². The molecule has 0 spiro atoms. The van der Waals surface area contributed by atoms with Gasteiger partial charge in [0.1, 0.15) is 0 Å². The number of hydrogen-bond donors (Lipinski definition) is 2. The molecule has 2 saturated carbocycles. The summed E-state index contributed by atoms with van der Waals surface area (Å²) in [5.41, 5.74) is 0.242. The molecule has 2 heteroatoms. The summed E-state index contributed by atoms with van der Waals surface area (Å²) in [6.45, 7) is 2.57. The maximum absolute atomic E-state index is 10.6. The molecule has 2 aliphatic rings. The van der Waals surface area contributed by atoms with Gasteiger partial charge in [-0.1, -0.05) is 30.3 Å². The molecule has 2 N–H and O–H groups in total. The molecule has 2 fully saturated rings. The second kappa shape index (κ2) is 4.67. The van der Waals surface area contributed by atoms with Gasteiger partial charge in [0.05, 0.1) is 5.60 Å². The quantitative estimate of drug-likeness (QED) is 0.807. The van der Waals surface area contributed by atoms with E-state index in [1.165, 1.54) is 25.7 Å². The van der Waals surface area contributed by atoms with Crippen molar-refractivity contribution in [1.29, 1.82) is 0 Å². The van der Waals surface area contributed by atoms with Crippen LogP contribution in [0, 0.1) is 11.8 Å². The fourth-order valence-electron chi connectivity index (χ4n) is 2.84. The van der Waals surface area contributed by atoms with Crippen LogP contribution in [0.2, 0.25) is 0 Å². The molecular weight excluding hydrogens is 222 g/mol. The van der Waals surface area contributed by atoms with Crippen LogP contribution in [0.1, 0.15) is 38.2 Å². The third-order valence-electron chi connectivity index (χ3n) is 4.34. The van der Waals surface area contributed by atoms with E-state index in [9.17, 15) is 5.11 Å². The van der Waals surface area contributed by atoms with Gasteiger partial charge in [-0.3, -0.25) is 0 Å². The van der Waals surface area contributed by atoms with Crippen molar-refractivity contribution in [2.75, 3.05) is 6.54 Å². The maximum Gasteiger partial charge on any atom is 0.0992 e. The van der Waals surface area contributed by atoms with Gasteiger partial charge in [-0.2, -0.15) is 0 Å². The van der Waals surface area contributed by atoms with Crippen molar-refractivity contribution < 1.29 is 5.11 Å². The number of benzene rings is 1. The van der Waals surface area contributed by atoms with E-state index < -0.39 is 5.60 Å². The first kappa shape index (κ1) is 12.2. The van der Waals surface area contributed by atoms with Crippen LogP contribution in [-0.4, -0.2) is 17.7 Å². The van der Waals surface area contributed by atoms with E-state index in [4.69, 9.17) is 0 Å². The Bertz CT molecular complexity index is 381. The molecule has 0 radical (unpaired) electrons. The largest absolute Gasteiger partial charge is 0.384 e. The second-order valence-corrected chi connectivity index (χ2v) is 6.22. The number of aliphatic hydroxyl groups is 1. The van der Waals surface area contributed by atoms with Crippen LogP contribution in [-0.2, 0) is 5.60 Å². The molecule has 0 amide bonds. The summed E-state index contributed by atoms with van der Waals surface area (Å²) in [5, 5.41) is 14.2. The number of rotatable bonds is 6. The SMILES string of the molecule is CC(O)(CNC(C1CC1)C1CC1)c1ccccc1. The van der Waals surface area contributed by atoms with Crippen LogP contribution in [0.15, 0.2) is 30.3 Å². The van der Waals surface area contributed by atoms with E-state index in [1.54, 1.807) is 0 Å². The zero-order valence-corrected chi connectivity index (χ0v) is 11.1. The molecular formula is C16H23NO. The topological polar surface area (TPSA) is 32.3 Å². The third kappa shape index (κ3) is 2.76. The minimum atomic E-state index is -0.761. The molecule has 18 heavy (non-hydrogen) atoms. The molecule has 3 rings (SSSR count). The fraction of sp³-hybridized carbons (Fsp3) is 0.625. The van der Waals surface area contributed by atoms with Crippen molar-refractivity contribution in [3.8, 4) is 0 Å². The first-order valence-corrected chi connectivity index (χ1v) is 7.18. The van der Waals surface area contributed by atoms with Gasteiger partial charge in [-0.05, 0) is 50.0 Å². The Labute approximate surface area is 109 Å². The summed E-state index contributed by atoms with van der Waals surface area (Å²) >= 11 is 0. The van der Waals surface area contributed by atoms with Crippen molar-refractivity contribution >= 4 is 0 Å². The lowest BCUT2D eigenvalue weighted by Gasteiger charge is -2.28. The molecule has 0 aromatic heterocycles. The Balaban J connectivity index is 1.61. The van der Waals surface area contributed by atoms with Crippen molar-refractivity contribution in [1.82, 2.24) is 5.32 Å². The van der Waals surface area contributed by atoms with Gasteiger partial charge in [-0.15, -0.1) is 0 Å². The summed E-state index contributed by atoms with van der Waals surface area (Å²) < 4.78 is 0. The molecule has 1 atom stereocenters. The third-order valence-corrected chi connectivity index (χ3v) is 4.34. The Hall–Kier alpha value is -0.860. The summed E-state index contributed by atoms with van der Waals surface area (Å²) in [6.07, 6.45) is 5.51. The molecule has 98 valence electrons. The average molecular weight is 245 g/mol. The molecule has 2 aliphatic carbocycles. The second-order valence-electron chi connectivity index (χ2n) is 6.22. The van der Waals surface area contributed by atoms with E-state index in [-0.39, 0.29) is 0 Å². The molecule has 0 aliphatic heterocycles. The molecule has 0 heterocycles. The normalized spacial score (nSPS) is 23.1. The molecule has 1 aromatic rings. The minimum Gasteiger partial charge on any atom is -0.384 e. The molecule has 0 bridgehead atoms. The van der Waals surface area contributed by atoms with Crippen LogP contribution >= 0.6 is 0 Å². The van der Waals surface area contributed by atoms with Gasteiger partial charge in [-0.25, -0.2) is 0 Å². The van der Waals surface area contributed by atoms with Crippen LogP contribution in [0.25, 0.3) is 0 Å². The molecule has 1 unspecified atom stereocenters. The van der Waals surface area contributed by atoms with Crippen LogP contribution < -0.4 is 5.32 Å². The van der Waals surface area contributed by atoms with Gasteiger partial charge in [0.25, 0.3) is 0 Å². The van der Waals surface area contributed by atoms with E-state index in [1.807, 2.05) is 37.3 Å². The highest BCUT2D eigenvalue weighted by atomic mass is 16.3. The number of hydrogen-bond acceptors (Lipinski definition) is 2. The summed E-state index contributed by atoms with van der Waals surface area (Å²) in [7, 11) is 0. The monoisotopic (exact) mass is 245 g/mol. The predicted octanol–water partition coefficient (Wildman–Crippen LogP) is 2.67. The molecule has 1 aromatic carbocycles. The Morgan fingerprint density at radius 2 is 1.72 bits per heavy atom. The van der Waals surface area contributed by atoms with Crippen molar-refractivity contribution in [3.63, 3.8) is 0 Å². The lowest BCUT2D eigenvalue weighted by atomic mass is 9.95. The van der Waals surface area contributed by atoms with E-state index in [0.29, 0.717) is 12.6 Å². The van der Waals surface area contributed by atoms with Crippen LogP contribution in [0.4, 0.5) is 0 Å². The summed E-state index contributed by atoms with van der Waals surface area (Å²) in [6, 6.07) is 10.6. The lowest BCUT2D eigenvalue weighted by molar-refractivity contribution is 0.0520. The van der Waals surface area contributed by atoms with Gasteiger partial charge < -0.3 is 10.4 Å². The van der Waals surface area contributed by atoms with Crippen molar-refractivity contribution in [2.45, 2.75) is 44.2 Å². The zero-order chi connectivity index (χ0) is 12.6. The lowest BCUT2D eigenvalue weighted by Crippen LogP contribution is -2.42. The zero-order valence-electron chi connectivity index (χ0n) is 11.1. The van der Waals surface area contributed by atoms with E-state index in [0.717, 1.165) is 17.4 Å². The van der Waals surface area contributed by atoms with E-state index >= 15 is 0 Å². The van der Waals surface area contributed by atoms with Crippen LogP contribution in [0.5, 0.6) is 0 Å². The average Bonchev–Trinajstić information content (AvgIpc) is 3.24.